The monoisotopic (exact) mass is 733 g/mol. The van der Waals surface area contributed by atoms with Crippen LogP contribution in [-0.4, -0.2) is 79.0 Å². The van der Waals surface area contributed by atoms with Gasteiger partial charge in [-0.15, -0.1) is 22.7 Å². The number of hydrogen-bond donors (Lipinski definition) is 1. The maximum Gasteiger partial charge on any atom is 0.231 e. The number of para-hydroxylation sites is 2. The van der Waals surface area contributed by atoms with Gasteiger partial charge in [-0.2, -0.15) is 0 Å². The summed E-state index contributed by atoms with van der Waals surface area (Å²) in [5.41, 5.74) is 5.81. The molecular weight excluding hydrogens is 687 g/mol. The molecule has 6 aromatic rings. The Balaban J connectivity index is 0.000000149. The number of piperidine rings is 2. The molecule has 5 heterocycles. The molecule has 270 valence electrons. The van der Waals surface area contributed by atoms with Crippen LogP contribution in [0.3, 0.4) is 0 Å². The first kappa shape index (κ1) is 35.1. The number of fused-ring (bicyclic) bond motifs is 3. The van der Waals surface area contributed by atoms with E-state index in [-0.39, 0.29) is 25.0 Å². The van der Waals surface area contributed by atoms with Crippen LogP contribution < -0.4 is 14.8 Å². The van der Waals surface area contributed by atoms with E-state index in [2.05, 4.69) is 109 Å². The summed E-state index contributed by atoms with van der Waals surface area (Å²) in [6.45, 7) is 6.90. The summed E-state index contributed by atoms with van der Waals surface area (Å²) in [4.78, 5) is 14.6. The summed E-state index contributed by atoms with van der Waals surface area (Å²) < 4.78 is 20.1. The highest BCUT2D eigenvalue weighted by Gasteiger charge is 2.28. The highest BCUT2D eigenvalue weighted by Crippen LogP contribution is 2.40. The van der Waals surface area contributed by atoms with Crippen molar-refractivity contribution >= 4 is 43.1 Å². The van der Waals surface area contributed by atoms with Crippen LogP contribution in [0.25, 0.3) is 20.4 Å². The third kappa shape index (κ3) is 8.17. The van der Waals surface area contributed by atoms with Crippen LogP contribution in [0.4, 0.5) is 0 Å². The van der Waals surface area contributed by atoms with Gasteiger partial charge in [0.05, 0.1) is 32.6 Å². The first-order valence-corrected chi connectivity index (χ1v) is 20.0. The van der Waals surface area contributed by atoms with Crippen molar-refractivity contribution in [3.05, 3.63) is 118 Å². The van der Waals surface area contributed by atoms with Gasteiger partial charge in [0.2, 0.25) is 6.79 Å². The van der Waals surface area contributed by atoms with E-state index >= 15 is 0 Å². The van der Waals surface area contributed by atoms with E-state index in [1.165, 1.54) is 38.4 Å². The molecule has 1 N–H and O–H groups in total. The summed E-state index contributed by atoms with van der Waals surface area (Å²) in [6, 6.07) is 32.3. The molecule has 0 saturated carbocycles. The normalized spacial score (nSPS) is 18.4. The highest BCUT2D eigenvalue weighted by molar-refractivity contribution is 7.19. The molecule has 0 spiro atoms. The standard InChI is InChI=1S/C21H25N3S.C21H22N2O3S/c1-15-6-5-7-16(14-15)20(22-17-10-12-24(2)13-11-17)21-23-18-8-3-4-9-19(18)25-21;1-23-10-8-15(9-11-23)26-20(14-6-7-17-18(12-14)25-13-24-17)21-22-16-4-2-3-5-19(16)27-21/h3-9,14,17,20,22H,10-13H2,1-2H3;2-7,12,15,20H,8-11,13H2,1H3. The van der Waals surface area contributed by atoms with E-state index in [4.69, 9.17) is 24.2 Å². The zero-order valence-electron chi connectivity index (χ0n) is 30.2. The second-order valence-electron chi connectivity index (χ2n) is 14.3. The van der Waals surface area contributed by atoms with Gasteiger partial charge in [0.1, 0.15) is 16.1 Å². The number of hydrogen-bond acceptors (Lipinski definition) is 10. The summed E-state index contributed by atoms with van der Waals surface area (Å²) >= 11 is 3.52. The van der Waals surface area contributed by atoms with E-state index in [1.54, 1.807) is 11.3 Å². The quantitative estimate of drug-likeness (QED) is 0.167. The van der Waals surface area contributed by atoms with E-state index < -0.39 is 0 Å². The summed E-state index contributed by atoms with van der Waals surface area (Å²) in [7, 11) is 4.38. The fraction of sp³-hybridized carbons (Fsp3) is 0.381. The van der Waals surface area contributed by atoms with Crippen molar-refractivity contribution in [2.45, 2.75) is 56.9 Å². The number of nitrogens with one attached hydrogen (secondary N) is 1. The second kappa shape index (κ2) is 16.0. The number of aromatic nitrogens is 2. The Hall–Kier alpha value is -3.90. The van der Waals surface area contributed by atoms with Crippen LogP contribution in [0.2, 0.25) is 0 Å². The molecule has 2 fully saturated rings. The average Bonchev–Trinajstić information content (AvgIpc) is 3.93. The van der Waals surface area contributed by atoms with Crippen LogP contribution in [0, 0.1) is 6.92 Å². The van der Waals surface area contributed by atoms with Gasteiger partial charge in [-0.25, -0.2) is 9.97 Å². The molecule has 3 aliphatic rings. The van der Waals surface area contributed by atoms with Gasteiger partial charge in [-0.1, -0.05) is 60.2 Å². The highest BCUT2D eigenvalue weighted by atomic mass is 32.1. The molecule has 10 heteroatoms. The lowest BCUT2D eigenvalue weighted by Gasteiger charge is -2.32. The lowest BCUT2D eigenvalue weighted by molar-refractivity contribution is -0.0235. The van der Waals surface area contributed by atoms with Crippen molar-refractivity contribution in [2.24, 2.45) is 0 Å². The lowest BCUT2D eigenvalue weighted by atomic mass is 10.00. The number of nitrogens with zero attached hydrogens (tertiary/aromatic N) is 4. The predicted molar refractivity (Wildman–Crippen MR) is 212 cm³/mol. The maximum absolute atomic E-state index is 6.63. The zero-order chi connectivity index (χ0) is 35.4. The number of ether oxygens (including phenoxy) is 3. The van der Waals surface area contributed by atoms with Gasteiger partial charge in [0, 0.05) is 19.1 Å². The molecule has 2 aromatic heterocycles. The number of aryl methyl sites for hydroxylation is 1. The molecule has 2 unspecified atom stereocenters. The van der Waals surface area contributed by atoms with Crippen molar-refractivity contribution < 1.29 is 14.2 Å². The second-order valence-corrected chi connectivity index (χ2v) is 16.4. The van der Waals surface area contributed by atoms with Gasteiger partial charge in [0.15, 0.2) is 11.5 Å². The molecule has 8 nitrogen and oxygen atoms in total. The van der Waals surface area contributed by atoms with Crippen LogP contribution in [0.5, 0.6) is 11.5 Å². The molecule has 9 rings (SSSR count). The third-order valence-electron chi connectivity index (χ3n) is 10.3. The van der Waals surface area contributed by atoms with Crippen molar-refractivity contribution in [1.82, 2.24) is 25.1 Å². The molecule has 3 aliphatic heterocycles. The minimum Gasteiger partial charge on any atom is -0.454 e. The average molecular weight is 734 g/mol. The summed E-state index contributed by atoms with van der Waals surface area (Å²) in [5, 5.41) is 6.08. The topological polar surface area (TPSA) is 72.0 Å². The Kier molecular flexibility index (Phi) is 10.8. The van der Waals surface area contributed by atoms with Crippen LogP contribution in [-0.2, 0) is 4.74 Å². The first-order valence-electron chi connectivity index (χ1n) is 18.4. The zero-order valence-corrected chi connectivity index (χ0v) is 31.8. The molecule has 52 heavy (non-hydrogen) atoms. The predicted octanol–water partition coefficient (Wildman–Crippen LogP) is 8.60. The van der Waals surface area contributed by atoms with Gasteiger partial charge in [0.25, 0.3) is 0 Å². The largest absolute Gasteiger partial charge is 0.454 e. The smallest absolute Gasteiger partial charge is 0.231 e. The number of benzene rings is 4. The maximum atomic E-state index is 6.63. The van der Waals surface area contributed by atoms with Crippen molar-refractivity contribution in [1.29, 1.82) is 0 Å². The third-order valence-corrected chi connectivity index (χ3v) is 12.5. The minimum absolute atomic E-state index is 0.172. The Bertz CT molecular complexity index is 2030. The summed E-state index contributed by atoms with van der Waals surface area (Å²) in [6.07, 6.45) is 4.53. The molecule has 2 atom stereocenters. The lowest BCUT2D eigenvalue weighted by Crippen LogP contribution is -2.42. The van der Waals surface area contributed by atoms with E-state index in [9.17, 15) is 0 Å². The fourth-order valence-electron chi connectivity index (χ4n) is 7.26. The van der Waals surface area contributed by atoms with Gasteiger partial charge < -0.3 is 29.3 Å². The van der Waals surface area contributed by atoms with Crippen molar-refractivity contribution in [2.75, 3.05) is 47.1 Å². The molecular formula is C42H47N5O3S2. The van der Waals surface area contributed by atoms with Gasteiger partial charge >= 0.3 is 0 Å². The van der Waals surface area contributed by atoms with E-state index in [0.717, 1.165) is 72.1 Å². The Labute approximate surface area is 314 Å². The van der Waals surface area contributed by atoms with Crippen LogP contribution in [0.15, 0.2) is 91.0 Å². The van der Waals surface area contributed by atoms with Crippen LogP contribution in [0.1, 0.15) is 64.5 Å². The SMILES string of the molecule is CN1CCC(OC(c2ccc3c(c2)OCO3)c2nc3ccccc3s2)CC1.Cc1cccc(C(NC2CCN(C)CC2)c2nc3ccccc3s2)c1. The molecule has 0 radical (unpaired) electrons. The van der Waals surface area contributed by atoms with Crippen molar-refractivity contribution in [3.8, 4) is 11.5 Å². The molecule has 4 aromatic carbocycles. The Morgan fingerprint density at radius 1 is 0.692 bits per heavy atom. The number of likely N-dealkylation sites (tertiary alicyclic amines) is 2. The Morgan fingerprint density at radius 3 is 2.02 bits per heavy atom. The Morgan fingerprint density at radius 2 is 1.33 bits per heavy atom. The molecule has 2 saturated heterocycles. The molecule has 0 amide bonds. The van der Waals surface area contributed by atoms with Gasteiger partial charge in [-0.3, -0.25) is 0 Å². The van der Waals surface area contributed by atoms with Crippen LogP contribution >= 0.6 is 22.7 Å². The molecule has 0 aliphatic carbocycles. The summed E-state index contributed by atoms with van der Waals surface area (Å²) in [5.74, 6) is 1.58. The van der Waals surface area contributed by atoms with Crippen molar-refractivity contribution in [3.63, 3.8) is 0 Å². The number of thiazole rings is 2. The van der Waals surface area contributed by atoms with E-state index in [1.807, 2.05) is 29.5 Å². The first-order chi connectivity index (χ1) is 25.4. The van der Waals surface area contributed by atoms with Gasteiger partial charge in [-0.05, 0) is 107 Å². The minimum atomic E-state index is -0.190. The number of rotatable bonds is 8. The molecule has 0 bridgehead atoms. The van der Waals surface area contributed by atoms with E-state index in [0.29, 0.717) is 6.04 Å². The fourth-order valence-corrected chi connectivity index (χ4v) is 9.34.